The van der Waals surface area contributed by atoms with E-state index in [1.807, 2.05) is 37.8 Å². The summed E-state index contributed by atoms with van der Waals surface area (Å²) in [5.41, 5.74) is 0.123. The fourth-order valence-corrected chi connectivity index (χ4v) is 5.47. The molecule has 2 heterocycles. The summed E-state index contributed by atoms with van der Waals surface area (Å²) in [4.78, 5) is 43.8. The van der Waals surface area contributed by atoms with Crippen molar-refractivity contribution in [2.75, 3.05) is 24.5 Å². The molecule has 33 heavy (non-hydrogen) atoms. The first-order valence-electron chi connectivity index (χ1n) is 12.0. The third-order valence-corrected chi connectivity index (χ3v) is 7.11. The summed E-state index contributed by atoms with van der Waals surface area (Å²) in [6.07, 6.45) is 4.76. The molecule has 3 amide bonds. The predicted molar refractivity (Wildman–Crippen MR) is 127 cm³/mol. The Morgan fingerprint density at radius 1 is 1.12 bits per heavy atom. The third kappa shape index (κ3) is 5.45. The molecule has 1 aromatic rings. The highest BCUT2D eigenvalue weighted by atomic mass is 35.5. The monoisotopic (exact) mass is 475 g/mol. The molecule has 1 aliphatic carbocycles. The van der Waals surface area contributed by atoms with Gasteiger partial charge in [-0.05, 0) is 83.4 Å². The molecular weight excluding hydrogens is 442 g/mol. The van der Waals surface area contributed by atoms with Crippen LogP contribution < -0.4 is 4.90 Å². The predicted octanol–water partition coefficient (Wildman–Crippen LogP) is 4.47. The lowest BCUT2D eigenvalue weighted by Gasteiger charge is -2.43. The number of halogens is 1. The van der Waals surface area contributed by atoms with E-state index >= 15 is 0 Å². The minimum absolute atomic E-state index is 0.0799. The molecule has 7 nitrogen and oxygen atoms in total. The quantitative estimate of drug-likeness (QED) is 0.644. The lowest BCUT2D eigenvalue weighted by molar-refractivity contribution is -0.156. The molecule has 0 aromatic heterocycles. The van der Waals surface area contributed by atoms with Gasteiger partial charge in [-0.2, -0.15) is 0 Å². The first kappa shape index (κ1) is 23.9. The number of anilines is 1. The number of amides is 3. The highest BCUT2D eigenvalue weighted by Gasteiger charge is 2.44. The fourth-order valence-electron chi connectivity index (χ4n) is 5.28. The molecule has 3 fully saturated rings. The van der Waals surface area contributed by atoms with Gasteiger partial charge in [-0.1, -0.05) is 17.7 Å². The van der Waals surface area contributed by atoms with Crippen LogP contribution >= 0.6 is 11.6 Å². The second-order valence-electron chi connectivity index (χ2n) is 10.5. The molecule has 4 rings (SSSR count). The van der Waals surface area contributed by atoms with Crippen molar-refractivity contribution in [3.8, 4) is 0 Å². The first-order chi connectivity index (χ1) is 15.6. The fraction of sp³-hybridized carbons (Fsp3) is 0.640. The van der Waals surface area contributed by atoms with Crippen LogP contribution in [0, 0.1) is 5.92 Å². The smallest absolute Gasteiger partial charge is 0.414 e. The SMILES string of the molecule is CC(C)(C)OC(=O)N(C[C@H]1CC[C@@H](N2CC(=O)N3CCC[C@H]3C2=O)CC1)c1cccc(Cl)c1. The van der Waals surface area contributed by atoms with E-state index in [-0.39, 0.29) is 42.5 Å². The van der Waals surface area contributed by atoms with Gasteiger partial charge in [0.05, 0.1) is 0 Å². The zero-order valence-electron chi connectivity index (χ0n) is 19.8. The van der Waals surface area contributed by atoms with Gasteiger partial charge in [0, 0.05) is 29.8 Å². The van der Waals surface area contributed by atoms with Gasteiger partial charge in [-0.3, -0.25) is 14.5 Å². The molecule has 1 saturated carbocycles. The van der Waals surface area contributed by atoms with Crippen LogP contribution in [0.2, 0.25) is 5.02 Å². The van der Waals surface area contributed by atoms with Gasteiger partial charge in [0.25, 0.3) is 0 Å². The lowest BCUT2D eigenvalue weighted by atomic mass is 9.84. The Labute approximate surface area is 201 Å². The largest absolute Gasteiger partial charge is 0.443 e. The second-order valence-corrected chi connectivity index (χ2v) is 10.9. The van der Waals surface area contributed by atoms with E-state index in [9.17, 15) is 14.4 Å². The number of carbonyl (C=O) groups is 3. The third-order valence-electron chi connectivity index (χ3n) is 6.88. The Hall–Kier alpha value is -2.28. The van der Waals surface area contributed by atoms with Crippen LogP contribution in [0.5, 0.6) is 0 Å². The molecule has 1 atom stereocenters. The van der Waals surface area contributed by atoms with E-state index in [0.717, 1.165) is 44.2 Å². The highest BCUT2D eigenvalue weighted by molar-refractivity contribution is 6.30. The van der Waals surface area contributed by atoms with Gasteiger partial charge in [-0.15, -0.1) is 0 Å². The van der Waals surface area contributed by atoms with Gasteiger partial charge in [0.1, 0.15) is 18.2 Å². The number of benzene rings is 1. The van der Waals surface area contributed by atoms with Crippen LogP contribution in [0.15, 0.2) is 24.3 Å². The molecule has 1 aromatic carbocycles. The van der Waals surface area contributed by atoms with Crippen molar-refractivity contribution in [2.24, 2.45) is 5.92 Å². The minimum atomic E-state index is -0.596. The standard InChI is InChI=1S/C25H34ClN3O4/c1-25(2,3)33-24(32)29(20-7-4-6-18(26)14-20)15-17-9-11-19(12-10-17)28-16-22(30)27-13-5-8-21(27)23(28)31/h4,6-7,14,17,19,21H,5,8-13,15-16H2,1-3H3/t17-,19+,21-/m0/s1. The topological polar surface area (TPSA) is 70.2 Å². The van der Waals surface area contributed by atoms with E-state index in [4.69, 9.17) is 16.3 Å². The van der Waals surface area contributed by atoms with Crippen molar-refractivity contribution in [1.82, 2.24) is 9.80 Å². The maximum absolute atomic E-state index is 13.0. The van der Waals surface area contributed by atoms with Gasteiger partial charge in [0.15, 0.2) is 0 Å². The number of rotatable bonds is 4. The van der Waals surface area contributed by atoms with Crippen molar-refractivity contribution >= 4 is 35.2 Å². The molecule has 0 spiro atoms. The molecular formula is C25H34ClN3O4. The molecule has 180 valence electrons. The molecule has 0 radical (unpaired) electrons. The molecule has 0 unspecified atom stereocenters. The van der Waals surface area contributed by atoms with Gasteiger partial charge >= 0.3 is 6.09 Å². The molecule has 8 heteroatoms. The average Bonchev–Trinajstić information content (AvgIpc) is 3.25. The summed E-state index contributed by atoms with van der Waals surface area (Å²) in [6, 6.07) is 7.11. The van der Waals surface area contributed by atoms with E-state index in [0.29, 0.717) is 18.1 Å². The number of hydrogen-bond donors (Lipinski definition) is 0. The summed E-state index contributed by atoms with van der Waals surface area (Å²) in [5, 5.41) is 0.569. The Morgan fingerprint density at radius 2 is 1.85 bits per heavy atom. The van der Waals surface area contributed by atoms with Crippen molar-refractivity contribution in [3.63, 3.8) is 0 Å². The van der Waals surface area contributed by atoms with Gasteiger partial charge in [0.2, 0.25) is 11.8 Å². The summed E-state index contributed by atoms with van der Waals surface area (Å²) in [7, 11) is 0. The first-order valence-corrected chi connectivity index (χ1v) is 12.4. The highest BCUT2D eigenvalue weighted by Crippen LogP contribution is 2.33. The maximum Gasteiger partial charge on any atom is 0.414 e. The number of fused-ring (bicyclic) bond motifs is 1. The summed E-state index contributed by atoms with van der Waals surface area (Å²) in [5.74, 6) is 0.479. The van der Waals surface area contributed by atoms with E-state index in [1.165, 1.54) is 0 Å². The van der Waals surface area contributed by atoms with Gasteiger partial charge in [-0.25, -0.2) is 4.79 Å². The average molecular weight is 476 g/mol. The normalized spacial score (nSPS) is 25.8. The van der Waals surface area contributed by atoms with Crippen molar-refractivity contribution in [1.29, 1.82) is 0 Å². The number of ether oxygens (including phenoxy) is 1. The summed E-state index contributed by atoms with van der Waals surface area (Å²) in [6.45, 7) is 7.01. The minimum Gasteiger partial charge on any atom is -0.443 e. The van der Waals surface area contributed by atoms with Gasteiger partial charge < -0.3 is 14.5 Å². The van der Waals surface area contributed by atoms with Crippen molar-refractivity contribution < 1.29 is 19.1 Å². The van der Waals surface area contributed by atoms with Crippen LogP contribution in [-0.2, 0) is 14.3 Å². The number of carbonyl (C=O) groups excluding carboxylic acids is 3. The van der Waals surface area contributed by atoms with Crippen LogP contribution in [0.3, 0.4) is 0 Å². The second kappa shape index (κ2) is 9.53. The maximum atomic E-state index is 13.0. The van der Waals surface area contributed by atoms with Crippen LogP contribution in [0.25, 0.3) is 0 Å². The molecule has 3 aliphatic rings. The Bertz CT molecular complexity index is 907. The van der Waals surface area contributed by atoms with Crippen LogP contribution in [0.4, 0.5) is 10.5 Å². The molecule has 0 bridgehead atoms. The van der Waals surface area contributed by atoms with Crippen LogP contribution in [-0.4, -0.2) is 65.0 Å². The van der Waals surface area contributed by atoms with E-state index in [1.54, 1.807) is 21.9 Å². The number of piperazine rings is 1. The Kier molecular flexibility index (Phi) is 6.89. The number of nitrogens with zero attached hydrogens (tertiary/aromatic N) is 3. The Balaban J connectivity index is 1.41. The lowest BCUT2D eigenvalue weighted by Crippen LogP contribution is -2.60. The number of hydrogen-bond acceptors (Lipinski definition) is 4. The van der Waals surface area contributed by atoms with E-state index < -0.39 is 5.60 Å². The van der Waals surface area contributed by atoms with E-state index in [2.05, 4.69) is 0 Å². The Morgan fingerprint density at radius 3 is 2.52 bits per heavy atom. The van der Waals surface area contributed by atoms with Crippen molar-refractivity contribution in [3.05, 3.63) is 29.3 Å². The van der Waals surface area contributed by atoms with Crippen molar-refractivity contribution in [2.45, 2.75) is 77.0 Å². The van der Waals surface area contributed by atoms with Crippen LogP contribution in [0.1, 0.15) is 59.3 Å². The summed E-state index contributed by atoms with van der Waals surface area (Å²) < 4.78 is 5.67. The zero-order valence-corrected chi connectivity index (χ0v) is 20.5. The summed E-state index contributed by atoms with van der Waals surface area (Å²) >= 11 is 6.19. The molecule has 2 saturated heterocycles. The zero-order chi connectivity index (χ0) is 23.8. The molecule has 2 aliphatic heterocycles. The molecule has 0 N–H and O–H groups in total.